The Bertz CT molecular complexity index is 722. The first-order chi connectivity index (χ1) is 9.76. The molecule has 0 bridgehead atoms. The fourth-order valence-corrected chi connectivity index (χ4v) is 2.91. The number of hydrogen-bond donors (Lipinski definition) is 2. The third-order valence-corrected chi connectivity index (χ3v) is 4.14. The Labute approximate surface area is 121 Å². The van der Waals surface area contributed by atoms with Crippen molar-refractivity contribution in [1.82, 2.24) is 15.4 Å². The van der Waals surface area contributed by atoms with Gasteiger partial charge in [-0.05, 0) is 24.6 Å². The summed E-state index contributed by atoms with van der Waals surface area (Å²) in [5.74, 6) is 5.71. The van der Waals surface area contributed by atoms with Gasteiger partial charge in [0.05, 0.1) is 22.3 Å². The van der Waals surface area contributed by atoms with E-state index in [1.807, 2.05) is 13.0 Å². The van der Waals surface area contributed by atoms with Crippen LogP contribution in [0.25, 0.3) is 10.9 Å². The molecule has 1 unspecified atom stereocenters. The van der Waals surface area contributed by atoms with E-state index in [1.54, 1.807) is 17.5 Å². The summed E-state index contributed by atoms with van der Waals surface area (Å²) in [5, 5.41) is 4.30. The Morgan fingerprint density at radius 1 is 1.35 bits per heavy atom. The highest BCUT2D eigenvalue weighted by molar-refractivity contribution is 7.09. The highest BCUT2D eigenvalue weighted by Gasteiger charge is 2.13. The van der Waals surface area contributed by atoms with Crippen molar-refractivity contribution < 1.29 is 0 Å². The van der Waals surface area contributed by atoms with Crippen molar-refractivity contribution in [2.75, 3.05) is 0 Å². The lowest BCUT2D eigenvalue weighted by atomic mass is 10.0. The molecule has 0 saturated heterocycles. The molecule has 0 aliphatic rings. The lowest BCUT2D eigenvalue weighted by molar-refractivity contribution is 0.547. The first-order valence-electron chi connectivity index (χ1n) is 6.48. The number of hydrazine groups is 1. The van der Waals surface area contributed by atoms with E-state index in [1.165, 1.54) is 0 Å². The zero-order chi connectivity index (χ0) is 13.9. The summed E-state index contributed by atoms with van der Waals surface area (Å²) >= 11 is 1.66. The van der Waals surface area contributed by atoms with Gasteiger partial charge < -0.3 is 0 Å². The van der Waals surface area contributed by atoms with Gasteiger partial charge in [-0.2, -0.15) is 0 Å². The van der Waals surface area contributed by atoms with E-state index in [2.05, 4.69) is 45.0 Å². The number of aromatic nitrogens is 2. The predicted molar refractivity (Wildman–Crippen MR) is 82.4 cm³/mol. The summed E-state index contributed by atoms with van der Waals surface area (Å²) in [4.78, 5) is 8.88. The van der Waals surface area contributed by atoms with Crippen LogP contribution >= 0.6 is 11.3 Å². The van der Waals surface area contributed by atoms with Crippen molar-refractivity contribution in [3.8, 4) is 0 Å². The van der Waals surface area contributed by atoms with Crippen LogP contribution in [0.3, 0.4) is 0 Å². The van der Waals surface area contributed by atoms with Crippen LogP contribution in [0.2, 0.25) is 0 Å². The molecule has 20 heavy (non-hydrogen) atoms. The Morgan fingerprint density at radius 3 is 3.00 bits per heavy atom. The predicted octanol–water partition coefficient (Wildman–Crippen LogP) is 2.75. The quantitative estimate of drug-likeness (QED) is 0.571. The number of thiazole rings is 1. The minimum absolute atomic E-state index is 0.0444. The van der Waals surface area contributed by atoms with E-state index in [9.17, 15) is 0 Å². The fraction of sp³-hybridized carbons (Fsp3) is 0.200. The largest absolute Gasteiger partial charge is 0.271 e. The summed E-state index contributed by atoms with van der Waals surface area (Å²) in [6.45, 7) is 2.01. The van der Waals surface area contributed by atoms with Crippen LogP contribution in [0.4, 0.5) is 0 Å². The van der Waals surface area contributed by atoms with Gasteiger partial charge >= 0.3 is 0 Å². The molecular weight excluding hydrogens is 268 g/mol. The summed E-state index contributed by atoms with van der Waals surface area (Å²) in [7, 11) is 0. The van der Waals surface area contributed by atoms with Crippen molar-refractivity contribution >= 4 is 22.2 Å². The van der Waals surface area contributed by atoms with Gasteiger partial charge in [0.1, 0.15) is 0 Å². The van der Waals surface area contributed by atoms with Gasteiger partial charge in [0.2, 0.25) is 0 Å². The van der Waals surface area contributed by atoms with Crippen LogP contribution in [-0.2, 0) is 6.42 Å². The van der Waals surface area contributed by atoms with Crippen molar-refractivity contribution in [1.29, 1.82) is 0 Å². The Kier molecular flexibility index (Phi) is 3.73. The summed E-state index contributed by atoms with van der Waals surface area (Å²) < 4.78 is 0. The Balaban J connectivity index is 1.90. The number of nitrogens with two attached hydrogens (primary N) is 1. The standard InChI is InChI=1S/C15H16N4S/c1-10-18-13(9-20-10)8-15(19-16)12-5-4-11-3-2-6-17-14(11)7-12/h2-7,9,15,19H,8,16H2,1H3. The van der Waals surface area contributed by atoms with E-state index in [4.69, 9.17) is 5.84 Å². The number of rotatable bonds is 4. The minimum Gasteiger partial charge on any atom is -0.271 e. The Morgan fingerprint density at radius 2 is 2.25 bits per heavy atom. The maximum absolute atomic E-state index is 5.71. The third-order valence-electron chi connectivity index (χ3n) is 3.31. The average Bonchev–Trinajstić information content (AvgIpc) is 2.89. The molecule has 0 radical (unpaired) electrons. The zero-order valence-corrected chi connectivity index (χ0v) is 12.0. The van der Waals surface area contributed by atoms with Crippen LogP contribution in [0, 0.1) is 6.92 Å². The fourth-order valence-electron chi connectivity index (χ4n) is 2.28. The van der Waals surface area contributed by atoms with Crippen molar-refractivity contribution in [2.45, 2.75) is 19.4 Å². The van der Waals surface area contributed by atoms with Gasteiger partial charge in [0.15, 0.2) is 0 Å². The molecule has 0 saturated carbocycles. The molecular formula is C15H16N4S. The van der Waals surface area contributed by atoms with E-state index in [0.717, 1.165) is 33.6 Å². The molecule has 4 nitrogen and oxygen atoms in total. The monoisotopic (exact) mass is 284 g/mol. The second-order valence-electron chi connectivity index (χ2n) is 4.74. The Hall–Kier alpha value is -1.82. The molecule has 0 aliphatic carbocycles. The normalized spacial score (nSPS) is 12.7. The lowest BCUT2D eigenvalue weighted by Gasteiger charge is -2.15. The highest BCUT2D eigenvalue weighted by atomic mass is 32.1. The second kappa shape index (κ2) is 5.66. The third kappa shape index (κ3) is 2.70. The first kappa shape index (κ1) is 13.2. The number of hydrogen-bond acceptors (Lipinski definition) is 5. The number of nitrogens with zero attached hydrogens (tertiary/aromatic N) is 2. The summed E-state index contributed by atoms with van der Waals surface area (Å²) in [5.41, 5.74) is 6.06. The molecule has 2 heterocycles. The molecule has 3 N–H and O–H groups in total. The van der Waals surface area contributed by atoms with Gasteiger partial charge in [-0.1, -0.05) is 18.2 Å². The van der Waals surface area contributed by atoms with Crippen LogP contribution in [0.1, 0.15) is 22.3 Å². The van der Waals surface area contributed by atoms with Crippen molar-refractivity contribution in [3.05, 3.63) is 58.2 Å². The molecule has 0 amide bonds. The van der Waals surface area contributed by atoms with E-state index in [0.29, 0.717) is 0 Å². The number of aryl methyl sites for hydroxylation is 1. The molecule has 3 rings (SSSR count). The summed E-state index contributed by atoms with van der Waals surface area (Å²) in [6, 6.07) is 10.3. The van der Waals surface area contributed by atoms with Crippen LogP contribution in [0.15, 0.2) is 41.9 Å². The molecule has 2 aromatic heterocycles. The molecule has 0 aliphatic heterocycles. The zero-order valence-electron chi connectivity index (χ0n) is 11.2. The number of nitrogens with one attached hydrogen (secondary N) is 1. The van der Waals surface area contributed by atoms with Gasteiger partial charge in [-0.25, -0.2) is 4.98 Å². The van der Waals surface area contributed by atoms with Gasteiger partial charge in [0.25, 0.3) is 0 Å². The van der Waals surface area contributed by atoms with Gasteiger partial charge in [-0.15, -0.1) is 11.3 Å². The number of fused-ring (bicyclic) bond motifs is 1. The smallest absolute Gasteiger partial charge is 0.0897 e. The molecule has 0 fully saturated rings. The topological polar surface area (TPSA) is 63.8 Å². The van der Waals surface area contributed by atoms with Crippen LogP contribution in [0.5, 0.6) is 0 Å². The molecule has 1 aromatic carbocycles. The van der Waals surface area contributed by atoms with E-state index in [-0.39, 0.29) is 6.04 Å². The van der Waals surface area contributed by atoms with Crippen molar-refractivity contribution in [3.63, 3.8) is 0 Å². The molecule has 0 spiro atoms. The van der Waals surface area contributed by atoms with Crippen molar-refractivity contribution in [2.24, 2.45) is 5.84 Å². The molecule has 1 atom stereocenters. The maximum Gasteiger partial charge on any atom is 0.0897 e. The SMILES string of the molecule is Cc1nc(CC(NN)c2ccc3cccnc3c2)cs1. The van der Waals surface area contributed by atoms with Gasteiger partial charge in [-0.3, -0.25) is 16.3 Å². The number of benzene rings is 1. The molecule has 102 valence electrons. The second-order valence-corrected chi connectivity index (χ2v) is 5.80. The lowest BCUT2D eigenvalue weighted by Crippen LogP contribution is -2.29. The first-order valence-corrected chi connectivity index (χ1v) is 7.36. The number of pyridine rings is 1. The summed E-state index contributed by atoms with van der Waals surface area (Å²) in [6.07, 6.45) is 2.58. The minimum atomic E-state index is 0.0444. The maximum atomic E-state index is 5.71. The average molecular weight is 284 g/mol. The highest BCUT2D eigenvalue weighted by Crippen LogP contribution is 2.22. The van der Waals surface area contributed by atoms with Crippen LogP contribution < -0.4 is 11.3 Å². The van der Waals surface area contributed by atoms with E-state index >= 15 is 0 Å². The van der Waals surface area contributed by atoms with Gasteiger partial charge in [0, 0.05) is 23.4 Å². The van der Waals surface area contributed by atoms with E-state index < -0.39 is 0 Å². The molecule has 5 heteroatoms. The van der Waals surface area contributed by atoms with Crippen LogP contribution in [-0.4, -0.2) is 9.97 Å². The molecule has 3 aromatic rings.